The molecule has 0 radical (unpaired) electrons. The SMILES string of the molecule is CCCNC(Cc1ccc(Cl)cc1)c1cncc(OC)c1. The minimum absolute atomic E-state index is 0.216. The summed E-state index contributed by atoms with van der Waals surface area (Å²) in [4.78, 5) is 4.25. The van der Waals surface area contributed by atoms with Crippen LogP contribution in [-0.2, 0) is 6.42 Å². The van der Waals surface area contributed by atoms with E-state index in [2.05, 4.69) is 29.4 Å². The summed E-state index contributed by atoms with van der Waals surface area (Å²) in [6, 6.07) is 10.2. The normalized spacial score (nSPS) is 12.1. The number of pyridine rings is 1. The maximum atomic E-state index is 5.95. The Morgan fingerprint density at radius 2 is 2.00 bits per heavy atom. The topological polar surface area (TPSA) is 34.2 Å². The molecular formula is C17H21ClN2O. The van der Waals surface area contributed by atoms with Crippen LogP contribution in [0.1, 0.15) is 30.5 Å². The average Bonchev–Trinajstić information content (AvgIpc) is 2.53. The fourth-order valence-corrected chi connectivity index (χ4v) is 2.35. The molecule has 0 aliphatic heterocycles. The van der Waals surface area contributed by atoms with Gasteiger partial charge in [0.15, 0.2) is 0 Å². The van der Waals surface area contributed by atoms with Gasteiger partial charge in [0, 0.05) is 17.3 Å². The molecule has 0 saturated carbocycles. The second kappa shape index (κ2) is 8.01. The number of nitrogens with zero attached hydrogens (tertiary/aromatic N) is 1. The van der Waals surface area contributed by atoms with Crippen LogP contribution in [0.25, 0.3) is 0 Å². The standard InChI is InChI=1S/C17H21ClN2O/c1-3-8-20-17(9-13-4-6-15(18)7-5-13)14-10-16(21-2)12-19-11-14/h4-7,10-12,17,20H,3,8-9H2,1-2H3. The van der Waals surface area contributed by atoms with Crippen molar-refractivity contribution in [3.63, 3.8) is 0 Å². The van der Waals surface area contributed by atoms with Crippen molar-refractivity contribution < 1.29 is 4.74 Å². The van der Waals surface area contributed by atoms with Crippen LogP contribution in [-0.4, -0.2) is 18.6 Å². The van der Waals surface area contributed by atoms with Gasteiger partial charge in [-0.3, -0.25) is 4.98 Å². The summed E-state index contributed by atoms with van der Waals surface area (Å²) in [6.45, 7) is 3.13. The molecule has 0 fully saturated rings. The number of hydrogen-bond acceptors (Lipinski definition) is 3. The van der Waals surface area contributed by atoms with Crippen LogP contribution >= 0.6 is 11.6 Å². The monoisotopic (exact) mass is 304 g/mol. The summed E-state index contributed by atoms with van der Waals surface area (Å²) < 4.78 is 5.27. The third-order valence-electron chi connectivity index (χ3n) is 3.37. The van der Waals surface area contributed by atoms with E-state index >= 15 is 0 Å². The highest BCUT2D eigenvalue weighted by molar-refractivity contribution is 6.30. The van der Waals surface area contributed by atoms with E-state index in [4.69, 9.17) is 16.3 Å². The molecule has 112 valence electrons. The first kappa shape index (κ1) is 15.8. The number of rotatable bonds is 7. The summed E-state index contributed by atoms with van der Waals surface area (Å²) in [6.07, 6.45) is 5.61. The maximum Gasteiger partial charge on any atom is 0.137 e. The Hall–Kier alpha value is -1.58. The van der Waals surface area contributed by atoms with Crippen LogP contribution in [0.5, 0.6) is 5.75 Å². The van der Waals surface area contributed by atoms with Crippen LogP contribution in [0, 0.1) is 0 Å². The van der Waals surface area contributed by atoms with E-state index in [1.54, 1.807) is 13.3 Å². The lowest BCUT2D eigenvalue weighted by Crippen LogP contribution is -2.24. The molecule has 3 nitrogen and oxygen atoms in total. The van der Waals surface area contributed by atoms with Gasteiger partial charge >= 0.3 is 0 Å². The third-order valence-corrected chi connectivity index (χ3v) is 3.62. The third kappa shape index (κ3) is 4.73. The number of benzene rings is 1. The molecule has 1 aromatic carbocycles. The van der Waals surface area contributed by atoms with E-state index in [0.717, 1.165) is 35.7 Å². The second-order valence-corrected chi connectivity index (χ2v) is 5.43. The summed E-state index contributed by atoms with van der Waals surface area (Å²) >= 11 is 5.95. The second-order valence-electron chi connectivity index (χ2n) is 5.00. The lowest BCUT2D eigenvalue weighted by molar-refractivity contribution is 0.410. The summed E-state index contributed by atoms with van der Waals surface area (Å²) in [7, 11) is 1.66. The van der Waals surface area contributed by atoms with E-state index in [1.165, 1.54) is 5.56 Å². The quantitative estimate of drug-likeness (QED) is 0.838. The lowest BCUT2D eigenvalue weighted by Gasteiger charge is -2.19. The lowest BCUT2D eigenvalue weighted by atomic mass is 10.00. The van der Waals surface area contributed by atoms with Crippen molar-refractivity contribution in [3.05, 3.63) is 58.9 Å². The van der Waals surface area contributed by atoms with Gasteiger partial charge in [-0.2, -0.15) is 0 Å². The Morgan fingerprint density at radius 3 is 2.67 bits per heavy atom. The number of methoxy groups -OCH3 is 1. The van der Waals surface area contributed by atoms with Crippen molar-refractivity contribution in [2.45, 2.75) is 25.8 Å². The molecule has 1 aromatic heterocycles. The zero-order chi connectivity index (χ0) is 15.1. The number of nitrogens with one attached hydrogen (secondary N) is 1. The molecule has 0 amide bonds. The van der Waals surface area contributed by atoms with Crippen LogP contribution in [0.4, 0.5) is 0 Å². The van der Waals surface area contributed by atoms with Crippen LogP contribution < -0.4 is 10.1 Å². The molecule has 21 heavy (non-hydrogen) atoms. The predicted octanol–water partition coefficient (Wildman–Crippen LogP) is 4.03. The van der Waals surface area contributed by atoms with Crippen LogP contribution in [0.2, 0.25) is 5.02 Å². The van der Waals surface area contributed by atoms with Crippen molar-refractivity contribution in [2.24, 2.45) is 0 Å². The predicted molar refractivity (Wildman–Crippen MR) is 87.0 cm³/mol. The van der Waals surface area contributed by atoms with Crippen molar-refractivity contribution in [3.8, 4) is 5.75 Å². The molecule has 1 N–H and O–H groups in total. The molecule has 1 heterocycles. The van der Waals surface area contributed by atoms with Gasteiger partial charge in [0.1, 0.15) is 5.75 Å². The largest absolute Gasteiger partial charge is 0.495 e. The first-order chi connectivity index (χ1) is 10.2. The molecule has 2 rings (SSSR count). The van der Waals surface area contributed by atoms with Gasteiger partial charge in [-0.1, -0.05) is 30.7 Å². The van der Waals surface area contributed by atoms with E-state index in [1.807, 2.05) is 24.4 Å². The number of hydrogen-bond donors (Lipinski definition) is 1. The first-order valence-electron chi connectivity index (χ1n) is 7.19. The zero-order valence-corrected chi connectivity index (χ0v) is 13.2. The van der Waals surface area contributed by atoms with Crippen LogP contribution in [0.15, 0.2) is 42.7 Å². The molecule has 1 unspecified atom stereocenters. The first-order valence-corrected chi connectivity index (χ1v) is 7.57. The number of halogens is 1. The highest BCUT2D eigenvalue weighted by Crippen LogP contribution is 2.22. The Balaban J connectivity index is 2.18. The summed E-state index contributed by atoms with van der Waals surface area (Å²) in [5.41, 5.74) is 2.38. The molecule has 4 heteroatoms. The summed E-state index contributed by atoms with van der Waals surface area (Å²) in [5.74, 6) is 0.784. The summed E-state index contributed by atoms with van der Waals surface area (Å²) in [5, 5.41) is 4.34. The minimum atomic E-state index is 0.216. The Morgan fingerprint density at radius 1 is 1.24 bits per heavy atom. The smallest absolute Gasteiger partial charge is 0.137 e. The van der Waals surface area contributed by atoms with E-state index in [0.29, 0.717) is 0 Å². The number of aromatic nitrogens is 1. The molecule has 0 saturated heterocycles. The highest BCUT2D eigenvalue weighted by atomic mass is 35.5. The van der Waals surface area contributed by atoms with Crippen molar-refractivity contribution in [1.82, 2.24) is 10.3 Å². The fraction of sp³-hybridized carbons (Fsp3) is 0.353. The van der Waals surface area contributed by atoms with Gasteiger partial charge in [-0.15, -0.1) is 0 Å². The molecule has 0 spiro atoms. The Kier molecular flexibility index (Phi) is 6.03. The molecule has 0 aliphatic carbocycles. The molecule has 0 bridgehead atoms. The van der Waals surface area contributed by atoms with Gasteiger partial charge in [0.25, 0.3) is 0 Å². The fourth-order valence-electron chi connectivity index (χ4n) is 2.22. The Bertz CT molecular complexity index is 557. The average molecular weight is 305 g/mol. The van der Waals surface area contributed by atoms with Crippen molar-refractivity contribution >= 4 is 11.6 Å². The molecule has 2 aromatic rings. The van der Waals surface area contributed by atoms with E-state index in [9.17, 15) is 0 Å². The van der Waals surface area contributed by atoms with Gasteiger partial charge in [-0.05, 0) is 48.7 Å². The van der Waals surface area contributed by atoms with Crippen molar-refractivity contribution in [2.75, 3.05) is 13.7 Å². The maximum absolute atomic E-state index is 5.95. The number of ether oxygens (including phenoxy) is 1. The minimum Gasteiger partial charge on any atom is -0.495 e. The van der Waals surface area contributed by atoms with Crippen LogP contribution in [0.3, 0.4) is 0 Å². The molecular weight excluding hydrogens is 284 g/mol. The van der Waals surface area contributed by atoms with Gasteiger partial charge in [0.05, 0.1) is 13.3 Å². The van der Waals surface area contributed by atoms with Crippen molar-refractivity contribution in [1.29, 1.82) is 0 Å². The molecule has 0 aliphatic rings. The molecule has 1 atom stereocenters. The highest BCUT2D eigenvalue weighted by Gasteiger charge is 2.13. The van der Waals surface area contributed by atoms with Gasteiger partial charge in [0.2, 0.25) is 0 Å². The van der Waals surface area contributed by atoms with E-state index < -0.39 is 0 Å². The van der Waals surface area contributed by atoms with E-state index in [-0.39, 0.29) is 6.04 Å². The van der Waals surface area contributed by atoms with Gasteiger partial charge in [-0.25, -0.2) is 0 Å². The Labute approximate surface area is 131 Å². The van der Waals surface area contributed by atoms with Gasteiger partial charge < -0.3 is 10.1 Å². The zero-order valence-electron chi connectivity index (χ0n) is 12.5.